The predicted molar refractivity (Wildman–Crippen MR) is 51.4 cm³/mol. The molecular weight excluding hydrogens is 190 g/mol. The minimum Gasteiger partial charge on any atom is -0.444 e. The van der Waals surface area contributed by atoms with Gasteiger partial charge in [-0.15, -0.1) is 0 Å². The Morgan fingerprint density at radius 3 is 2.27 bits per heavy atom. The van der Waals surface area contributed by atoms with Crippen molar-refractivity contribution in [3.8, 4) is 23.6 Å². The quantitative estimate of drug-likeness (QED) is 0.698. The first-order valence-corrected chi connectivity index (χ1v) is 4.20. The fourth-order valence-electron chi connectivity index (χ4n) is 1.32. The van der Waals surface area contributed by atoms with Crippen LogP contribution in [0.4, 0.5) is 0 Å². The van der Waals surface area contributed by atoms with Crippen molar-refractivity contribution in [3.05, 3.63) is 41.8 Å². The number of rotatable bonds is 1. The van der Waals surface area contributed by atoms with Gasteiger partial charge >= 0.3 is 0 Å². The highest BCUT2D eigenvalue weighted by Crippen LogP contribution is 2.25. The molecule has 0 saturated carbocycles. The van der Waals surface area contributed by atoms with Gasteiger partial charge in [0, 0.05) is 0 Å². The van der Waals surface area contributed by atoms with Crippen LogP contribution in [0.15, 0.2) is 35.1 Å². The number of oxazole rings is 1. The van der Waals surface area contributed by atoms with E-state index in [0.29, 0.717) is 22.6 Å². The minimum atomic E-state index is 0.295. The van der Waals surface area contributed by atoms with Gasteiger partial charge in [0.2, 0.25) is 5.89 Å². The minimum absolute atomic E-state index is 0.295. The molecule has 4 nitrogen and oxygen atoms in total. The Bertz CT molecular complexity index is 526. The van der Waals surface area contributed by atoms with Gasteiger partial charge < -0.3 is 4.42 Å². The van der Waals surface area contributed by atoms with Gasteiger partial charge in [0.1, 0.15) is 18.4 Å². The fraction of sp³-hybridized carbons (Fsp3) is 0. The molecule has 2 rings (SSSR count). The van der Waals surface area contributed by atoms with Gasteiger partial charge in [-0.2, -0.15) is 10.5 Å². The predicted octanol–water partition coefficient (Wildman–Crippen LogP) is 2.08. The third-order valence-corrected chi connectivity index (χ3v) is 1.95. The Labute approximate surface area is 86.0 Å². The number of hydrogen-bond donors (Lipinski definition) is 0. The number of aromatic nitrogens is 1. The van der Waals surface area contributed by atoms with Gasteiger partial charge in [-0.3, -0.25) is 0 Å². The Balaban J connectivity index is 2.75. The topological polar surface area (TPSA) is 73.6 Å². The molecule has 0 radical (unpaired) electrons. The van der Waals surface area contributed by atoms with Crippen molar-refractivity contribution in [1.29, 1.82) is 10.5 Å². The normalized spacial score (nSPS) is 9.20. The summed E-state index contributed by atoms with van der Waals surface area (Å²) < 4.78 is 5.09. The highest BCUT2D eigenvalue weighted by molar-refractivity contribution is 5.70. The summed E-state index contributed by atoms with van der Waals surface area (Å²) in [5.74, 6) is 0.295. The zero-order valence-electron chi connectivity index (χ0n) is 7.64. The zero-order valence-corrected chi connectivity index (χ0v) is 7.64. The van der Waals surface area contributed by atoms with Gasteiger partial charge in [0.25, 0.3) is 0 Å². The first kappa shape index (κ1) is 8.98. The van der Waals surface area contributed by atoms with E-state index in [1.165, 1.54) is 12.5 Å². The summed E-state index contributed by atoms with van der Waals surface area (Å²) in [7, 11) is 0. The molecule has 0 aliphatic carbocycles. The van der Waals surface area contributed by atoms with Crippen LogP contribution in [0.3, 0.4) is 0 Å². The van der Waals surface area contributed by atoms with Crippen LogP contribution < -0.4 is 0 Å². The third kappa shape index (κ3) is 1.45. The van der Waals surface area contributed by atoms with Gasteiger partial charge in [0.05, 0.1) is 22.9 Å². The molecule has 0 unspecified atom stereocenters. The summed E-state index contributed by atoms with van der Waals surface area (Å²) in [5, 5.41) is 17.8. The summed E-state index contributed by atoms with van der Waals surface area (Å²) >= 11 is 0. The largest absolute Gasteiger partial charge is 0.444 e. The van der Waals surface area contributed by atoms with Crippen LogP contribution in [0.5, 0.6) is 0 Å². The maximum absolute atomic E-state index is 8.91. The Hall–Kier alpha value is -2.59. The van der Waals surface area contributed by atoms with Crippen molar-refractivity contribution < 1.29 is 4.42 Å². The molecule has 0 N–H and O–H groups in total. The Kier molecular flexibility index (Phi) is 2.19. The molecule has 0 aliphatic rings. The lowest BCUT2D eigenvalue weighted by Gasteiger charge is -2.00. The Morgan fingerprint density at radius 1 is 1.13 bits per heavy atom. The average molecular weight is 195 g/mol. The molecule has 0 saturated heterocycles. The van der Waals surface area contributed by atoms with Crippen LogP contribution in [0.1, 0.15) is 11.1 Å². The lowest BCUT2D eigenvalue weighted by molar-refractivity contribution is 0.574. The van der Waals surface area contributed by atoms with E-state index >= 15 is 0 Å². The second kappa shape index (κ2) is 3.65. The lowest BCUT2D eigenvalue weighted by Crippen LogP contribution is -1.89. The maximum atomic E-state index is 8.91. The average Bonchev–Trinajstić information content (AvgIpc) is 2.81. The number of nitrogens with zero attached hydrogens (tertiary/aromatic N) is 3. The third-order valence-electron chi connectivity index (χ3n) is 1.95. The number of benzene rings is 1. The summed E-state index contributed by atoms with van der Waals surface area (Å²) in [6, 6.07) is 8.92. The van der Waals surface area contributed by atoms with E-state index in [9.17, 15) is 0 Å². The molecule has 1 aromatic carbocycles. The number of hydrogen-bond acceptors (Lipinski definition) is 4. The summed E-state index contributed by atoms with van der Waals surface area (Å²) in [5.41, 5.74) is 1.22. The molecule has 15 heavy (non-hydrogen) atoms. The van der Waals surface area contributed by atoms with Gasteiger partial charge in [0.15, 0.2) is 0 Å². The molecule has 70 valence electrons. The Morgan fingerprint density at radius 2 is 1.80 bits per heavy atom. The van der Waals surface area contributed by atoms with Gasteiger partial charge in [-0.1, -0.05) is 6.07 Å². The van der Waals surface area contributed by atoms with Crippen LogP contribution >= 0.6 is 0 Å². The summed E-state index contributed by atoms with van der Waals surface area (Å²) in [4.78, 5) is 3.93. The SMILES string of the molecule is N#Cc1cccc(C#N)c1-c1ncco1. The second-order valence-electron chi connectivity index (χ2n) is 2.79. The van der Waals surface area contributed by atoms with E-state index in [2.05, 4.69) is 4.98 Å². The smallest absolute Gasteiger partial charge is 0.228 e. The van der Waals surface area contributed by atoms with E-state index in [1.807, 2.05) is 12.1 Å². The highest BCUT2D eigenvalue weighted by Gasteiger charge is 2.13. The number of nitriles is 2. The molecule has 0 amide bonds. The molecule has 1 aromatic heterocycles. The van der Waals surface area contributed by atoms with Crippen LogP contribution in [0.2, 0.25) is 0 Å². The van der Waals surface area contributed by atoms with Gasteiger partial charge in [-0.25, -0.2) is 4.98 Å². The van der Waals surface area contributed by atoms with E-state index in [4.69, 9.17) is 14.9 Å². The van der Waals surface area contributed by atoms with Crippen LogP contribution in [-0.2, 0) is 0 Å². The molecule has 0 spiro atoms. The van der Waals surface area contributed by atoms with Crippen molar-refractivity contribution >= 4 is 0 Å². The first-order valence-electron chi connectivity index (χ1n) is 4.20. The molecule has 0 bridgehead atoms. The van der Waals surface area contributed by atoms with Gasteiger partial charge in [-0.05, 0) is 12.1 Å². The lowest BCUT2D eigenvalue weighted by atomic mass is 10.0. The van der Waals surface area contributed by atoms with E-state index in [0.717, 1.165) is 0 Å². The standard InChI is InChI=1S/C11H5N3O/c12-6-8-2-1-3-9(7-13)10(8)11-14-4-5-15-11/h1-5H. The van der Waals surface area contributed by atoms with E-state index in [1.54, 1.807) is 18.2 Å². The van der Waals surface area contributed by atoms with Crippen molar-refractivity contribution in [2.24, 2.45) is 0 Å². The highest BCUT2D eigenvalue weighted by atomic mass is 16.3. The summed E-state index contributed by atoms with van der Waals surface area (Å²) in [6.07, 6.45) is 2.88. The summed E-state index contributed by atoms with van der Waals surface area (Å²) in [6.45, 7) is 0. The molecular formula is C11H5N3O. The van der Waals surface area contributed by atoms with Crippen LogP contribution in [-0.4, -0.2) is 4.98 Å². The van der Waals surface area contributed by atoms with Crippen molar-refractivity contribution in [2.75, 3.05) is 0 Å². The van der Waals surface area contributed by atoms with Crippen molar-refractivity contribution in [2.45, 2.75) is 0 Å². The molecule has 0 fully saturated rings. The maximum Gasteiger partial charge on any atom is 0.228 e. The van der Waals surface area contributed by atoms with E-state index in [-0.39, 0.29) is 0 Å². The van der Waals surface area contributed by atoms with Crippen molar-refractivity contribution in [3.63, 3.8) is 0 Å². The zero-order chi connectivity index (χ0) is 10.7. The molecule has 1 heterocycles. The molecule has 0 atom stereocenters. The molecule has 0 aliphatic heterocycles. The molecule has 4 heteroatoms. The second-order valence-corrected chi connectivity index (χ2v) is 2.79. The first-order chi connectivity index (χ1) is 7.36. The monoisotopic (exact) mass is 195 g/mol. The fourth-order valence-corrected chi connectivity index (χ4v) is 1.32. The molecule has 2 aromatic rings. The van der Waals surface area contributed by atoms with Crippen molar-refractivity contribution in [1.82, 2.24) is 4.98 Å². The van der Waals surface area contributed by atoms with Crippen LogP contribution in [0, 0.1) is 22.7 Å². The van der Waals surface area contributed by atoms with E-state index < -0.39 is 0 Å². The van der Waals surface area contributed by atoms with Crippen LogP contribution in [0.25, 0.3) is 11.5 Å².